The van der Waals surface area contributed by atoms with Gasteiger partial charge in [0.1, 0.15) is 11.2 Å². The fraction of sp³-hybridized carbons (Fsp3) is 0.417. The fourth-order valence-electron chi connectivity index (χ4n) is 5.23. The maximum absolute atomic E-state index is 13.8. The maximum Gasteiger partial charge on any atom is 0.273 e. The van der Waals surface area contributed by atoms with Crippen LogP contribution in [0.25, 0.3) is 0 Å². The van der Waals surface area contributed by atoms with Gasteiger partial charge < -0.3 is 10.2 Å². The Kier molecular flexibility index (Phi) is 5.43. The number of amides is 3. The number of rotatable bonds is 2. The lowest BCUT2D eigenvalue weighted by Gasteiger charge is -2.41. The van der Waals surface area contributed by atoms with Crippen molar-refractivity contribution in [3.8, 4) is 0 Å². The quantitative estimate of drug-likeness (QED) is 0.542. The average molecular weight is 579 g/mol. The Labute approximate surface area is 211 Å². The van der Waals surface area contributed by atoms with E-state index >= 15 is 0 Å². The number of nitrogens with zero attached hydrogens (tertiary/aromatic N) is 3. The molecule has 1 spiro atoms. The van der Waals surface area contributed by atoms with Gasteiger partial charge in [-0.15, -0.1) is 0 Å². The van der Waals surface area contributed by atoms with Gasteiger partial charge in [-0.2, -0.15) is 0 Å². The number of piperazine rings is 1. The van der Waals surface area contributed by atoms with Gasteiger partial charge in [-0.05, 0) is 79.6 Å². The van der Waals surface area contributed by atoms with Crippen LogP contribution in [-0.2, 0) is 15.0 Å². The molecule has 1 aliphatic carbocycles. The van der Waals surface area contributed by atoms with Crippen molar-refractivity contribution < 1.29 is 14.4 Å². The average Bonchev–Trinajstić information content (AvgIpc) is 3.37. The molecule has 0 bridgehead atoms. The molecule has 1 aromatic carbocycles. The van der Waals surface area contributed by atoms with E-state index in [-0.39, 0.29) is 23.4 Å². The van der Waals surface area contributed by atoms with E-state index in [1.807, 2.05) is 18.2 Å². The number of hydrogen-bond donors (Lipinski definition) is 1. The Bertz CT molecular complexity index is 1190. The molecular weight excluding hydrogens is 555 g/mol. The van der Waals surface area contributed by atoms with Gasteiger partial charge in [0.05, 0.1) is 27.5 Å². The summed E-state index contributed by atoms with van der Waals surface area (Å²) in [5.74, 6) is -0.477. The summed E-state index contributed by atoms with van der Waals surface area (Å²) in [5.41, 5.74) is 0.706. The maximum atomic E-state index is 13.8. The lowest BCUT2D eigenvalue weighted by molar-refractivity contribution is -0.133. The minimum Gasteiger partial charge on any atom is -0.352 e. The van der Waals surface area contributed by atoms with E-state index in [4.69, 9.17) is 16.6 Å². The summed E-state index contributed by atoms with van der Waals surface area (Å²) in [7, 11) is 0. The molecule has 172 valence electrons. The third-order valence-corrected chi connectivity index (χ3v) is 8.66. The molecule has 2 fully saturated rings. The zero-order valence-corrected chi connectivity index (χ0v) is 21.4. The number of nitrogens with one attached hydrogen (secondary N) is 1. The highest BCUT2D eigenvalue weighted by atomic mass is 127. The molecule has 1 saturated heterocycles. The Morgan fingerprint density at radius 2 is 1.88 bits per heavy atom. The first-order valence-corrected chi connectivity index (χ1v) is 12.5. The van der Waals surface area contributed by atoms with E-state index in [2.05, 4.69) is 27.9 Å². The standard InChI is InChI=1S/C24H24ClIN4O3/c1-23(2)21(32)27-11-12-29(23)20(31)17-7-8-18-19(28-17)24(9-3-4-10-24)22(33)30(18)14-5-6-15(25)16(26)13-14/h5-8,13H,3-4,9-12H2,1-2H3,(H,27,32). The number of pyridine rings is 1. The highest BCUT2D eigenvalue weighted by Gasteiger charge is 2.54. The smallest absolute Gasteiger partial charge is 0.273 e. The summed E-state index contributed by atoms with van der Waals surface area (Å²) >= 11 is 8.37. The minimum absolute atomic E-state index is 0.00269. The summed E-state index contributed by atoms with van der Waals surface area (Å²) in [6, 6.07) is 9.01. The molecule has 3 aliphatic rings. The van der Waals surface area contributed by atoms with Gasteiger partial charge in [-0.25, -0.2) is 4.98 Å². The van der Waals surface area contributed by atoms with Crippen molar-refractivity contribution in [2.45, 2.75) is 50.5 Å². The number of anilines is 2. The van der Waals surface area contributed by atoms with Gasteiger partial charge in [-0.1, -0.05) is 24.4 Å². The van der Waals surface area contributed by atoms with Crippen LogP contribution in [-0.4, -0.2) is 46.2 Å². The van der Waals surface area contributed by atoms with Crippen LogP contribution in [0.4, 0.5) is 11.4 Å². The van der Waals surface area contributed by atoms with Crippen LogP contribution < -0.4 is 10.2 Å². The van der Waals surface area contributed by atoms with Crippen LogP contribution in [0.5, 0.6) is 0 Å². The van der Waals surface area contributed by atoms with Gasteiger partial charge in [0, 0.05) is 16.7 Å². The first-order chi connectivity index (χ1) is 15.7. The molecular formula is C24H24ClIN4O3. The van der Waals surface area contributed by atoms with Crippen LogP contribution >= 0.6 is 34.2 Å². The molecule has 2 aliphatic heterocycles. The highest BCUT2D eigenvalue weighted by Crippen LogP contribution is 2.53. The van der Waals surface area contributed by atoms with Crippen molar-refractivity contribution in [2.24, 2.45) is 0 Å². The first kappa shape index (κ1) is 22.6. The Hall–Kier alpha value is -2.20. The predicted molar refractivity (Wildman–Crippen MR) is 134 cm³/mol. The molecule has 0 unspecified atom stereocenters. The Morgan fingerprint density at radius 1 is 1.15 bits per heavy atom. The number of aromatic nitrogens is 1. The second-order valence-electron chi connectivity index (χ2n) is 9.36. The number of carbonyl (C=O) groups is 3. The van der Waals surface area contributed by atoms with E-state index < -0.39 is 11.0 Å². The number of carbonyl (C=O) groups excluding carboxylic acids is 3. The molecule has 1 N–H and O–H groups in total. The van der Waals surface area contributed by atoms with Crippen molar-refractivity contribution in [3.05, 3.63) is 50.3 Å². The third kappa shape index (κ3) is 3.36. The highest BCUT2D eigenvalue weighted by molar-refractivity contribution is 14.1. The summed E-state index contributed by atoms with van der Waals surface area (Å²) in [6.07, 6.45) is 3.30. The van der Waals surface area contributed by atoms with Crippen LogP contribution in [0.15, 0.2) is 30.3 Å². The molecule has 9 heteroatoms. The van der Waals surface area contributed by atoms with E-state index in [9.17, 15) is 14.4 Å². The Morgan fingerprint density at radius 3 is 2.58 bits per heavy atom. The zero-order chi connectivity index (χ0) is 23.5. The van der Waals surface area contributed by atoms with Crippen molar-refractivity contribution in [1.82, 2.24) is 15.2 Å². The van der Waals surface area contributed by atoms with Gasteiger partial charge in [0.15, 0.2) is 0 Å². The molecule has 2 aromatic rings. The first-order valence-electron chi connectivity index (χ1n) is 11.1. The second kappa shape index (κ2) is 7.94. The molecule has 33 heavy (non-hydrogen) atoms. The number of fused-ring (bicyclic) bond motifs is 2. The number of hydrogen-bond acceptors (Lipinski definition) is 4. The summed E-state index contributed by atoms with van der Waals surface area (Å²) in [6.45, 7) is 4.29. The second-order valence-corrected chi connectivity index (χ2v) is 10.9. The van der Waals surface area contributed by atoms with Crippen LogP contribution in [0.3, 0.4) is 0 Å². The van der Waals surface area contributed by atoms with E-state index in [0.717, 1.165) is 22.1 Å². The van der Waals surface area contributed by atoms with Crippen molar-refractivity contribution in [2.75, 3.05) is 18.0 Å². The summed E-state index contributed by atoms with van der Waals surface area (Å²) in [4.78, 5) is 47.7. The molecule has 3 amide bonds. The lowest BCUT2D eigenvalue weighted by atomic mass is 9.83. The molecule has 1 aromatic heterocycles. The summed E-state index contributed by atoms with van der Waals surface area (Å²) in [5, 5.41) is 3.45. The summed E-state index contributed by atoms with van der Waals surface area (Å²) < 4.78 is 0.860. The third-order valence-electron chi connectivity index (χ3n) is 7.11. The monoisotopic (exact) mass is 578 g/mol. The van der Waals surface area contributed by atoms with Crippen molar-refractivity contribution >= 4 is 63.3 Å². The van der Waals surface area contributed by atoms with Crippen LogP contribution in [0.1, 0.15) is 55.7 Å². The van der Waals surface area contributed by atoms with E-state index in [0.29, 0.717) is 42.3 Å². The lowest BCUT2D eigenvalue weighted by Crippen LogP contribution is -2.63. The zero-order valence-electron chi connectivity index (χ0n) is 18.5. The molecule has 0 atom stereocenters. The SMILES string of the molecule is CC1(C)C(=O)NCCN1C(=O)c1ccc2c(n1)C1(CCCC1)C(=O)N2c1ccc(Cl)c(I)c1. The molecule has 7 nitrogen and oxygen atoms in total. The predicted octanol–water partition coefficient (Wildman–Crippen LogP) is 4.18. The molecule has 3 heterocycles. The Balaban J connectivity index is 1.60. The van der Waals surface area contributed by atoms with E-state index in [1.54, 1.807) is 35.8 Å². The number of halogens is 2. The largest absolute Gasteiger partial charge is 0.352 e. The van der Waals surface area contributed by atoms with Gasteiger partial charge in [-0.3, -0.25) is 19.3 Å². The number of benzene rings is 1. The molecule has 1 saturated carbocycles. The van der Waals surface area contributed by atoms with Crippen LogP contribution in [0, 0.1) is 3.57 Å². The topological polar surface area (TPSA) is 82.6 Å². The van der Waals surface area contributed by atoms with Gasteiger partial charge in [0.2, 0.25) is 11.8 Å². The van der Waals surface area contributed by atoms with Gasteiger partial charge in [0.25, 0.3) is 5.91 Å². The minimum atomic E-state index is -0.969. The van der Waals surface area contributed by atoms with Crippen LogP contribution in [0.2, 0.25) is 5.02 Å². The van der Waals surface area contributed by atoms with E-state index in [1.165, 1.54) is 0 Å². The fourth-order valence-corrected chi connectivity index (χ4v) is 5.85. The molecule has 5 rings (SSSR count). The molecule has 0 radical (unpaired) electrons. The van der Waals surface area contributed by atoms with Crippen molar-refractivity contribution in [1.29, 1.82) is 0 Å². The van der Waals surface area contributed by atoms with Crippen molar-refractivity contribution in [3.63, 3.8) is 0 Å². The normalized spacial score (nSPS) is 20.8. The van der Waals surface area contributed by atoms with Gasteiger partial charge >= 0.3 is 0 Å².